The maximum atomic E-state index is 12.4. The van der Waals surface area contributed by atoms with Crippen LogP contribution >= 0.6 is 11.3 Å². The van der Waals surface area contributed by atoms with Crippen LogP contribution in [0.1, 0.15) is 21.1 Å². The van der Waals surface area contributed by atoms with Gasteiger partial charge in [0, 0.05) is 10.4 Å². The molecule has 0 saturated heterocycles. The predicted octanol–water partition coefficient (Wildman–Crippen LogP) is 3.63. The Labute approximate surface area is 160 Å². The number of amides is 1. The van der Waals surface area contributed by atoms with E-state index < -0.39 is 0 Å². The van der Waals surface area contributed by atoms with Gasteiger partial charge in [-0.25, -0.2) is 4.98 Å². The molecule has 0 aliphatic rings. The van der Waals surface area contributed by atoms with Crippen molar-refractivity contribution in [1.29, 1.82) is 0 Å². The molecule has 2 heterocycles. The normalized spacial score (nSPS) is 10.7. The number of thiazole rings is 1. The topological polar surface area (TPSA) is 72.7 Å². The van der Waals surface area contributed by atoms with Crippen LogP contribution in [0.4, 0.5) is 0 Å². The van der Waals surface area contributed by atoms with Crippen LogP contribution in [0.25, 0.3) is 16.3 Å². The molecule has 4 rings (SSSR count). The van der Waals surface area contributed by atoms with Crippen LogP contribution in [-0.4, -0.2) is 25.9 Å². The first-order valence-electron chi connectivity index (χ1n) is 8.48. The summed E-state index contributed by atoms with van der Waals surface area (Å²) in [6.07, 6.45) is 1.47. The second-order valence-corrected chi connectivity index (χ2v) is 7.01. The molecule has 0 spiro atoms. The lowest BCUT2D eigenvalue weighted by atomic mass is 10.2. The second-order valence-electron chi connectivity index (χ2n) is 5.93. The van der Waals surface area contributed by atoms with Crippen molar-refractivity contribution in [2.45, 2.75) is 13.5 Å². The lowest BCUT2D eigenvalue weighted by Crippen LogP contribution is -2.23. The van der Waals surface area contributed by atoms with Crippen molar-refractivity contribution >= 4 is 17.2 Å². The standard InChI is InChI=1S/C20H17N5OS/c1-14-18(27-20(23-14)15-8-4-2-5-9-15)13-21-19(26)17-12-22-25(24-17)16-10-6-3-7-11-16/h2-12H,13H2,1H3,(H,21,26). The summed E-state index contributed by atoms with van der Waals surface area (Å²) >= 11 is 1.58. The maximum Gasteiger partial charge on any atom is 0.273 e. The summed E-state index contributed by atoms with van der Waals surface area (Å²) in [5.74, 6) is -0.258. The SMILES string of the molecule is Cc1nc(-c2ccccc2)sc1CNC(=O)c1cnn(-c2ccccc2)n1. The quantitative estimate of drug-likeness (QED) is 0.578. The van der Waals surface area contributed by atoms with Crippen molar-refractivity contribution in [2.24, 2.45) is 0 Å². The number of hydrogen-bond acceptors (Lipinski definition) is 5. The lowest BCUT2D eigenvalue weighted by molar-refractivity contribution is 0.0946. The van der Waals surface area contributed by atoms with Crippen molar-refractivity contribution < 1.29 is 4.79 Å². The molecular formula is C20H17N5OS. The Hall–Kier alpha value is -3.32. The summed E-state index contributed by atoms with van der Waals surface area (Å²) < 4.78 is 0. The van der Waals surface area contributed by atoms with Crippen molar-refractivity contribution in [2.75, 3.05) is 0 Å². The van der Waals surface area contributed by atoms with Gasteiger partial charge in [0.05, 0.1) is 24.1 Å². The molecule has 0 bridgehead atoms. The van der Waals surface area contributed by atoms with Gasteiger partial charge >= 0.3 is 0 Å². The van der Waals surface area contributed by atoms with E-state index in [1.165, 1.54) is 11.0 Å². The third kappa shape index (κ3) is 3.78. The number of aromatic nitrogens is 4. The first-order chi connectivity index (χ1) is 13.2. The van der Waals surface area contributed by atoms with Crippen LogP contribution in [0, 0.1) is 6.92 Å². The van der Waals surface area contributed by atoms with E-state index in [9.17, 15) is 4.79 Å². The molecule has 4 aromatic rings. The first-order valence-corrected chi connectivity index (χ1v) is 9.30. The average Bonchev–Trinajstić information content (AvgIpc) is 3.35. The molecule has 27 heavy (non-hydrogen) atoms. The number of aryl methyl sites for hydroxylation is 1. The van der Waals surface area contributed by atoms with Gasteiger partial charge in [0.1, 0.15) is 5.01 Å². The number of carbonyl (C=O) groups excluding carboxylic acids is 1. The minimum absolute atomic E-state index is 0.258. The highest BCUT2D eigenvalue weighted by molar-refractivity contribution is 7.15. The molecule has 2 aromatic heterocycles. The van der Waals surface area contributed by atoms with Crippen LogP contribution in [0.2, 0.25) is 0 Å². The molecule has 6 nitrogen and oxygen atoms in total. The summed E-state index contributed by atoms with van der Waals surface area (Å²) in [5.41, 5.74) is 3.09. The van der Waals surface area contributed by atoms with E-state index in [2.05, 4.69) is 20.5 Å². The highest BCUT2D eigenvalue weighted by Crippen LogP contribution is 2.27. The lowest BCUT2D eigenvalue weighted by Gasteiger charge is -2.01. The fourth-order valence-corrected chi connectivity index (χ4v) is 3.61. The van der Waals surface area contributed by atoms with Crippen LogP contribution in [0.3, 0.4) is 0 Å². The van der Waals surface area contributed by atoms with Crippen molar-refractivity contribution in [1.82, 2.24) is 25.3 Å². The summed E-state index contributed by atoms with van der Waals surface area (Å²) in [5, 5.41) is 12.3. The second kappa shape index (κ2) is 7.51. The van der Waals surface area contributed by atoms with E-state index in [1.54, 1.807) is 11.3 Å². The Morgan fingerprint density at radius 3 is 2.52 bits per heavy atom. The van der Waals surface area contributed by atoms with E-state index >= 15 is 0 Å². The van der Waals surface area contributed by atoms with Gasteiger partial charge in [-0.15, -0.1) is 16.4 Å². The van der Waals surface area contributed by atoms with Crippen LogP contribution in [0.15, 0.2) is 66.9 Å². The maximum absolute atomic E-state index is 12.4. The summed E-state index contributed by atoms with van der Waals surface area (Å²) in [7, 11) is 0. The zero-order chi connectivity index (χ0) is 18.6. The van der Waals surface area contributed by atoms with Crippen LogP contribution in [0.5, 0.6) is 0 Å². The minimum atomic E-state index is -0.258. The fraction of sp³-hybridized carbons (Fsp3) is 0.100. The zero-order valence-corrected chi connectivity index (χ0v) is 15.5. The molecule has 0 saturated carbocycles. The summed E-state index contributed by atoms with van der Waals surface area (Å²) in [6, 6.07) is 19.5. The molecule has 0 fully saturated rings. The number of nitrogens with one attached hydrogen (secondary N) is 1. The molecule has 134 valence electrons. The molecule has 1 amide bonds. The van der Waals surface area contributed by atoms with Gasteiger partial charge in [0.2, 0.25) is 0 Å². The van der Waals surface area contributed by atoms with Gasteiger partial charge in [-0.3, -0.25) is 4.79 Å². The highest BCUT2D eigenvalue weighted by Gasteiger charge is 2.14. The van der Waals surface area contributed by atoms with Gasteiger partial charge in [-0.2, -0.15) is 9.90 Å². The number of hydrogen-bond donors (Lipinski definition) is 1. The van der Waals surface area contributed by atoms with Crippen LogP contribution in [-0.2, 0) is 6.54 Å². The molecule has 0 atom stereocenters. The Morgan fingerprint density at radius 1 is 1.07 bits per heavy atom. The smallest absolute Gasteiger partial charge is 0.273 e. The molecule has 7 heteroatoms. The van der Waals surface area contributed by atoms with Gasteiger partial charge in [0.25, 0.3) is 5.91 Å². The van der Waals surface area contributed by atoms with Gasteiger partial charge in [-0.1, -0.05) is 48.5 Å². The molecule has 1 N–H and O–H groups in total. The van der Waals surface area contributed by atoms with E-state index in [0.717, 1.165) is 26.8 Å². The monoisotopic (exact) mass is 375 g/mol. The van der Waals surface area contributed by atoms with Gasteiger partial charge in [0.15, 0.2) is 5.69 Å². The number of nitrogens with zero attached hydrogens (tertiary/aromatic N) is 4. The Morgan fingerprint density at radius 2 is 1.78 bits per heavy atom. The largest absolute Gasteiger partial charge is 0.346 e. The van der Waals surface area contributed by atoms with Crippen molar-refractivity contribution in [3.63, 3.8) is 0 Å². The zero-order valence-electron chi connectivity index (χ0n) is 14.7. The molecular weight excluding hydrogens is 358 g/mol. The molecule has 2 aromatic carbocycles. The molecule has 0 aliphatic carbocycles. The minimum Gasteiger partial charge on any atom is -0.346 e. The Bertz CT molecular complexity index is 1060. The van der Waals surface area contributed by atoms with E-state index in [0.29, 0.717) is 6.54 Å². The Balaban J connectivity index is 1.44. The van der Waals surface area contributed by atoms with E-state index in [-0.39, 0.29) is 11.6 Å². The van der Waals surface area contributed by atoms with Crippen LogP contribution < -0.4 is 5.32 Å². The number of benzene rings is 2. The first kappa shape index (κ1) is 17.1. The number of para-hydroxylation sites is 1. The molecule has 0 radical (unpaired) electrons. The molecule has 0 unspecified atom stereocenters. The molecule has 0 aliphatic heterocycles. The van der Waals surface area contributed by atoms with Gasteiger partial charge in [-0.05, 0) is 19.1 Å². The number of rotatable bonds is 5. The fourth-order valence-electron chi connectivity index (χ4n) is 2.60. The van der Waals surface area contributed by atoms with Crippen molar-refractivity contribution in [3.05, 3.63) is 83.1 Å². The predicted molar refractivity (Wildman–Crippen MR) is 105 cm³/mol. The van der Waals surface area contributed by atoms with Crippen molar-refractivity contribution in [3.8, 4) is 16.3 Å². The van der Waals surface area contributed by atoms with E-state index in [4.69, 9.17) is 0 Å². The summed E-state index contributed by atoms with van der Waals surface area (Å²) in [6.45, 7) is 2.36. The third-order valence-corrected chi connectivity index (χ3v) is 5.24. The highest BCUT2D eigenvalue weighted by atomic mass is 32.1. The summed E-state index contributed by atoms with van der Waals surface area (Å²) in [4.78, 5) is 19.5. The average molecular weight is 375 g/mol. The van der Waals surface area contributed by atoms with Gasteiger partial charge < -0.3 is 5.32 Å². The van der Waals surface area contributed by atoms with E-state index in [1.807, 2.05) is 67.6 Å². The number of carbonyl (C=O) groups is 1. The third-order valence-electron chi connectivity index (χ3n) is 4.03. The Kier molecular flexibility index (Phi) is 4.76.